The molecule has 0 radical (unpaired) electrons. The molecule has 2 N–H and O–H groups in total. The largest absolute Gasteiger partial charge is 0.380 e. The normalized spacial score (nSPS) is 16.8. The SMILES string of the molecule is CN=C(NCCCN1CCC(C)CC1)NCc1cccc(COC)c1. The maximum absolute atomic E-state index is 5.19. The molecule has 0 aliphatic carbocycles. The number of guanidine groups is 1. The molecule has 2 rings (SSSR count). The van der Waals surface area contributed by atoms with Gasteiger partial charge in [0.25, 0.3) is 0 Å². The van der Waals surface area contributed by atoms with E-state index in [9.17, 15) is 0 Å². The van der Waals surface area contributed by atoms with Crippen LogP contribution in [0.5, 0.6) is 0 Å². The lowest BCUT2D eigenvalue weighted by atomic mass is 9.99. The molecule has 5 nitrogen and oxygen atoms in total. The summed E-state index contributed by atoms with van der Waals surface area (Å²) in [6.45, 7) is 8.42. The summed E-state index contributed by atoms with van der Waals surface area (Å²) in [4.78, 5) is 6.89. The van der Waals surface area contributed by atoms with Crippen molar-refractivity contribution >= 4 is 5.96 Å². The molecule has 0 aromatic heterocycles. The molecule has 1 saturated heterocycles. The highest BCUT2D eigenvalue weighted by atomic mass is 16.5. The van der Waals surface area contributed by atoms with E-state index in [1.54, 1.807) is 7.11 Å². The molecule has 0 unspecified atom stereocenters. The first kappa shape index (κ1) is 19.7. The van der Waals surface area contributed by atoms with E-state index >= 15 is 0 Å². The summed E-state index contributed by atoms with van der Waals surface area (Å²) in [5, 5.41) is 6.80. The Morgan fingerprint density at radius 2 is 2.00 bits per heavy atom. The molecule has 0 amide bonds. The molecule has 1 aliphatic rings. The van der Waals surface area contributed by atoms with Gasteiger partial charge in [-0.15, -0.1) is 0 Å². The van der Waals surface area contributed by atoms with Crippen molar-refractivity contribution in [3.63, 3.8) is 0 Å². The van der Waals surface area contributed by atoms with Crippen LogP contribution < -0.4 is 10.6 Å². The third-order valence-electron chi connectivity index (χ3n) is 4.81. The summed E-state index contributed by atoms with van der Waals surface area (Å²) < 4.78 is 5.19. The lowest BCUT2D eigenvalue weighted by Crippen LogP contribution is -2.39. The number of hydrogen-bond acceptors (Lipinski definition) is 3. The van der Waals surface area contributed by atoms with E-state index in [4.69, 9.17) is 4.74 Å². The first-order valence-electron chi connectivity index (χ1n) is 9.45. The Morgan fingerprint density at radius 3 is 2.72 bits per heavy atom. The van der Waals surface area contributed by atoms with Crippen molar-refractivity contribution in [2.24, 2.45) is 10.9 Å². The van der Waals surface area contributed by atoms with Gasteiger partial charge in [0.1, 0.15) is 0 Å². The third kappa shape index (κ3) is 7.45. The average molecular weight is 347 g/mol. The first-order valence-corrected chi connectivity index (χ1v) is 9.45. The van der Waals surface area contributed by atoms with E-state index in [-0.39, 0.29) is 0 Å². The fourth-order valence-corrected chi connectivity index (χ4v) is 3.20. The van der Waals surface area contributed by atoms with E-state index < -0.39 is 0 Å². The van der Waals surface area contributed by atoms with Crippen molar-refractivity contribution in [2.75, 3.05) is 40.3 Å². The Kier molecular flexibility index (Phi) is 8.77. The summed E-state index contributed by atoms with van der Waals surface area (Å²) in [6.07, 6.45) is 3.84. The van der Waals surface area contributed by atoms with Crippen molar-refractivity contribution in [1.82, 2.24) is 15.5 Å². The highest BCUT2D eigenvalue weighted by molar-refractivity contribution is 5.79. The minimum atomic E-state index is 0.649. The quantitative estimate of drug-likeness (QED) is 0.432. The summed E-state index contributed by atoms with van der Waals surface area (Å²) in [5.41, 5.74) is 2.43. The Balaban J connectivity index is 1.64. The number of benzene rings is 1. The molecule has 1 heterocycles. The zero-order chi connectivity index (χ0) is 17.9. The van der Waals surface area contributed by atoms with Crippen LogP contribution in [-0.2, 0) is 17.9 Å². The molecule has 1 aromatic carbocycles. The van der Waals surface area contributed by atoms with Gasteiger partial charge in [0.05, 0.1) is 6.61 Å². The van der Waals surface area contributed by atoms with Gasteiger partial charge in [0.15, 0.2) is 5.96 Å². The van der Waals surface area contributed by atoms with Gasteiger partial charge in [-0.25, -0.2) is 0 Å². The maximum atomic E-state index is 5.19. The molecule has 0 saturated carbocycles. The summed E-state index contributed by atoms with van der Waals surface area (Å²) in [5.74, 6) is 1.77. The number of nitrogens with one attached hydrogen (secondary N) is 2. The highest BCUT2D eigenvalue weighted by Gasteiger charge is 2.14. The van der Waals surface area contributed by atoms with Crippen LogP contribution in [0.3, 0.4) is 0 Å². The van der Waals surface area contributed by atoms with Crippen molar-refractivity contribution < 1.29 is 4.74 Å². The van der Waals surface area contributed by atoms with Gasteiger partial charge in [0, 0.05) is 27.2 Å². The summed E-state index contributed by atoms with van der Waals surface area (Å²) in [7, 11) is 3.55. The van der Waals surface area contributed by atoms with Gasteiger partial charge in [-0.05, 0) is 55.9 Å². The average Bonchev–Trinajstić information content (AvgIpc) is 2.63. The second kappa shape index (κ2) is 11.1. The highest BCUT2D eigenvalue weighted by Crippen LogP contribution is 2.15. The van der Waals surface area contributed by atoms with Gasteiger partial charge in [-0.3, -0.25) is 4.99 Å². The molecular formula is C20H34N4O. The molecule has 0 spiro atoms. The minimum Gasteiger partial charge on any atom is -0.380 e. The van der Waals surface area contributed by atoms with Gasteiger partial charge < -0.3 is 20.3 Å². The fourth-order valence-electron chi connectivity index (χ4n) is 3.20. The van der Waals surface area contributed by atoms with E-state index in [1.165, 1.54) is 43.6 Å². The molecule has 1 fully saturated rings. The molecule has 25 heavy (non-hydrogen) atoms. The van der Waals surface area contributed by atoms with E-state index in [1.807, 2.05) is 7.05 Å². The van der Waals surface area contributed by atoms with E-state index in [0.29, 0.717) is 6.61 Å². The van der Waals surface area contributed by atoms with Crippen LogP contribution in [0.4, 0.5) is 0 Å². The van der Waals surface area contributed by atoms with Gasteiger partial charge in [-0.1, -0.05) is 31.2 Å². The number of ether oxygens (including phenoxy) is 1. The second-order valence-electron chi connectivity index (χ2n) is 6.98. The Morgan fingerprint density at radius 1 is 1.24 bits per heavy atom. The lowest BCUT2D eigenvalue weighted by Gasteiger charge is -2.30. The van der Waals surface area contributed by atoms with Crippen LogP contribution in [0.25, 0.3) is 0 Å². The Hall–Kier alpha value is -1.59. The second-order valence-corrected chi connectivity index (χ2v) is 6.98. The van der Waals surface area contributed by atoms with Crippen LogP contribution >= 0.6 is 0 Å². The van der Waals surface area contributed by atoms with Crippen molar-refractivity contribution in [3.8, 4) is 0 Å². The number of nitrogens with zero attached hydrogens (tertiary/aromatic N) is 2. The maximum Gasteiger partial charge on any atom is 0.191 e. The number of hydrogen-bond donors (Lipinski definition) is 2. The molecule has 1 aromatic rings. The topological polar surface area (TPSA) is 48.9 Å². The smallest absolute Gasteiger partial charge is 0.191 e. The lowest BCUT2D eigenvalue weighted by molar-refractivity contribution is 0.185. The summed E-state index contributed by atoms with van der Waals surface area (Å²) in [6, 6.07) is 8.44. The molecular weight excluding hydrogens is 312 g/mol. The van der Waals surface area contributed by atoms with Gasteiger partial charge in [0.2, 0.25) is 0 Å². The van der Waals surface area contributed by atoms with Crippen LogP contribution in [-0.4, -0.2) is 51.2 Å². The van der Waals surface area contributed by atoms with Crippen molar-refractivity contribution in [2.45, 2.75) is 39.3 Å². The van der Waals surface area contributed by atoms with Gasteiger partial charge in [-0.2, -0.15) is 0 Å². The number of piperidine rings is 1. The van der Waals surface area contributed by atoms with Crippen molar-refractivity contribution in [3.05, 3.63) is 35.4 Å². The number of likely N-dealkylation sites (tertiary alicyclic amines) is 1. The Labute approximate surface area is 152 Å². The van der Waals surface area contributed by atoms with Crippen LogP contribution in [0.15, 0.2) is 29.3 Å². The predicted molar refractivity (Wildman–Crippen MR) is 105 cm³/mol. The first-order chi connectivity index (χ1) is 12.2. The molecule has 0 bridgehead atoms. The molecule has 5 heteroatoms. The monoisotopic (exact) mass is 346 g/mol. The molecule has 1 aliphatic heterocycles. The van der Waals surface area contributed by atoms with Crippen LogP contribution in [0.1, 0.15) is 37.3 Å². The van der Waals surface area contributed by atoms with Crippen molar-refractivity contribution in [1.29, 1.82) is 0 Å². The summed E-state index contributed by atoms with van der Waals surface area (Å²) >= 11 is 0. The van der Waals surface area contributed by atoms with E-state index in [0.717, 1.165) is 31.4 Å². The Bertz CT molecular complexity index is 524. The standard InChI is InChI=1S/C20H34N4O/c1-17-8-12-24(13-9-17)11-5-10-22-20(21-2)23-15-18-6-4-7-19(14-18)16-25-3/h4,6-7,14,17H,5,8-13,15-16H2,1-3H3,(H2,21,22,23). The van der Waals surface area contributed by atoms with Gasteiger partial charge >= 0.3 is 0 Å². The van der Waals surface area contributed by atoms with E-state index in [2.05, 4.69) is 51.7 Å². The fraction of sp³-hybridized carbons (Fsp3) is 0.650. The number of aliphatic imine (C=N–C) groups is 1. The molecule has 140 valence electrons. The minimum absolute atomic E-state index is 0.649. The molecule has 0 atom stereocenters. The zero-order valence-corrected chi connectivity index (χ0v) is 16.1. The zero-order valence-electron chi connectivity index (χ0n) is 16.1. The number of methoxy groups -OCH3 is 1. The van der Waals surface area contributed by atoms with Crippen LogP contribution in [0.2, 0.25) is 0 Å². The predicted octanol–water partition coefficient (Wildman–Crippen LogP) is 2.62. The number of rotatable bonds is 8. The third-order valence-corrected chi connectivity index (χ3v) is 4.81. The van der Waals surface area contributed by atoms with Crippen LogP contribution in [0, 0.1) is 5.92 Å².